The number of rotatable bonds is 4. The molecule has 1 atom stereocenters. The lowest BCUT2D eigenvalue weighted by Gasteiger charge is -2.17. The van der Waals surface area contributed by atoms with Crippen LogP contribution in [0.2, 0.25) is 0 Å². The van der Waals surface area contributed by atoms with Crippen molar-refractivity contribution >= 4 is 27.7 Å². The Morgan fingerprint density at radius 3 is 2.38 bits per heavy atom. The second kappa shape index (κ2) is 5.14. The molecule has 0 N–H and O–H groups in total. The van der Waals surface area contributed by atoms with Gasteiger partial charge >= 0.3 is 6.11 Å². The number of halogens is 4. The number of aliphatic imine (C=N–C) groups is 1. The largest absolute Gasteiger partial charge is 0.440 e. The smallest absolute Gasteiger partial charge is 0.430 e. The fourth-order valence-electron chi connectivity index (χ4n) is 0.843. The highest BCUT2D eigenvalue weighted by Crippen LogP contribution is 2.30. The van der Waals surface area contributed by atoms with Crippen LogP contribution in [-0.4, -0.2) is 17.3 Å². The topological polar surface area (TPSA) is 38.7 Å². The first-order chi connectivity index (χ1) is 7.45. The summed E-state index contributed by atoms with van der Waals surface area (Å²) in [7, 11) is 0. The third kappa shape index (κ3) is 3.36. The fraction of sp³-hybridized carbons (Fsp3) is 0.222. The van der Waals surface area contributed by atoms with Gasteiger partial charge in [0, 0.05) is 0 Å². The molecule has 0 radical (unpaired) electrons. The van der Waals surface area contributed by atoms with Gasteiger partial charge in [0.15, 0.2) is 0 Å². The molecule has 1 aromatic carbocycles. The molecule has 0 bridgehead atoms. The number of hydrogen-bond donors (Lipinski definition) is 0. The third-order valence-electron chi connectivity index (χ3n) is 1.52. The van der Waals surface area contributed by atoms with Crippen molar-refractivity contribution in [3.05, 3.63) is 24.3 Å². The van der Waals surface area contributed by atoms with Gasteiger partial charge in [0.05, 0.1) is 5.69 Å². The molecule has 1 rings (SSSR count). The van der Waals surface area contributed by atoms with E-state index in [0.717, 1.165) is 12.1 Å². The molecule has 1 unspecified atom stereocenters. The molecule has 0 fully saturated rings. The molecule has 3 nitrogen and oxygen atoms in total. The lowest BCUT2D eigenvalue weighted by molar-refractivity contribution is -0.195. The van der Waals surface area contributed by atoms with Crippen molar-refractivity contribution in [2.45, 2.75) is 11.2 Å². The van der Waals surface area contributed by atoms with Crippen LogP contribution in [-0.2, 0) is 4.79 Å². The van der Waals surface area contributed by atoms with Gasteiger partial charge in [0.1, 0.15) is 5.75 Å². The van der Waals surface area contributed by atoms with Crippen molar-refractivity contribution in [3.63, 3.8) is 0 Å². The normalized spacial score (nSPS) is 12.8. The molecule has 7 heteroatoms. The number of hydrogen-bond acceptors (Lipinski definition) is 3. The van der Waals surface area contributed by atoms with Gasteiger partial charge in [-0.2, -0.15) is 13.8 Å². The van der Waals surface area contributed by atoms with Gasteiger partial charge in [0.25, 0.3) is 5.08 Å². The van der Waals surface area contributed by atoms with Gasteiger partial charge in [-0.1, -0.05) is 0 Å². The molecule has 16 heavy (non-hydrogen) atoms. The summed E-state index contributed by atoms with van der Waals surface area (Å²) in [5, 5.41) is -2.60. The molecule has 0 aliphatic heterocycles. The summed E-state index contributed by atoms with van der Waals surface area (Å²) >= 11 is 2.08. The molecule has 0 aromatic heterocycles. The van der Waals surface area contributed by atoms with Crippen LogP contribution in [0.4, 0.5) is 18.9 Å². The number of alkyl halides is 4. The van der Waals surface area contributed by atoms with E-state index < -0.39 is 11.2 Å². The maximum Gasteiger partial charge on any atom is 0.440 e. The molecule has 0 aliphatic rings. The van der Waals surface area contributed by atoms with E-state index in [2.05, 4.69) is 25.7 Å². The Bertz CT molecular complexity index is 402. The Morgan fingerprint density at radius 2 is 1.94 bits per heavy atom. The third-order valence-corrected chi connectivity index (χ3v) is 2.05. The van der Waals surface area contributed by atoms with Crippen molar-refractivity contribution in [2.75, 3.05) is 0 Å². The van der Waals surface area contributed by atoms with Crippen LogP contribution in [0, 0.1) is 0 Å². The highest BCUT2D eigenvalue weighted by atomic mass is 79.9. The van der Waals surface area contributed by atoms with Crippen LogP contribution in [0.15, 0.2) is 29.3 Å². The standard InChI is InChI=1S/C9H5BrF3NO2/c10-8(11)9(12,13)16-7-3-1-6(2-4-7)14-5-15/h1-4,8H. The SMILES string of the molecule is O=C=Nc1ccc(OC(F)(F)C(F)Br)cc1. The minimum Gasteiger partial charge on any atom is -0.430 e. The van der Waals surface area contributed by atoms with E-state index in [0.29, 0.717) is 0 Å². The van der Waals surface area contributed by atoms with Gasteiger partial charge in [-0.15, -0.1) is 0 Å². The highest BCUT2D eigenvalue weighted by Gasteiger charge is 2.41. The zero-order valence-corrected chi connectivity index (χ0v) is 9.25. The number of nitrogens with zero attached hydrogens (tertiary/aromatic N) is 1. The Morgan fingerprint density at radius 1 is 1.38 bits per heavy atom. The maximum absolute atomic E-state index is 12.8. The van der Waals surface area contributed by atoms with Crippen LogP contribution < -0.4 is 4.74 Å². The molecule has 0 heterocycles. The summed E-state index contributed by atoms with van der Waals surface area (Å²) in [6, 6.07) is 4.80. The van der Waals surface area contributed by atoms with Crippen molar-refractivity contribution in [3.8, 4) is 5.75 Å². The molecule has 1 aromatic rings. The summed E-state index contributed by atoms with van der Waals surface area (Å²) in [5.74, 6) is -0.239. The van der Waals surface area contributed by atoms with Gasteiger partial charge in [-0.3, -0.25) is 0 Å². The minimum absolute atomic E-state index is 0.237. The molecule has 0 aliphatic carbocycles. The number of isocyanates is 1. The highest BCUT2D eigenvalue weighted by molar-refractivity contribution is 9.09. The second-order valence-corrected chi connectivity index (χ2v) is 3.47. The molecule has 0 saturated carbocycles. The van der Waals surface area contributed by atoms with Crippen LogP contribution in [0.5, 0.6) is 5.75 Å². The second-order valence-electron chi connectivity index (χ2n) is 2.66. The lowest BCUT2D eigenvalue weighted by Crippen LogP contribution is -2.32. The van der Waals surface area contributed by atoms with E-state index in [4.69, 9.17) is 0 Å². The summed E-state index contributed by atoms with van der Waals surface area (Å²) in [6.45, 7) is 0. The first-order valence-corrected chi connectivity index (χ1v) is 4.90. The van der Waals surface area contributed by atoms with Gasteiger partial charge in [-0.05, 0) is 40.2 Å². The summed E-state index contributed by atoms with van der Waals surface area (Å²) in [6.07, 6.45) is -2.67. The first kappa shape index (κ1) is 12.7. The number of carbonyl (C=O) groups excluding carboxylic acids is 1. The summed E-state index contributed by atoms with van der Waals surface area (Å²) in [5.41, 5.74) is 0.237. The van der Waals surface area contributed by atoms with Gasteiger partial charge < -0.3 is 4.74 Å². The van der Waals surface area contributed by atoms with Crippen LogP contribution in [0.1, 0.15) is 0 Å². The average molecular weight is 296 g/mol. The molecule has 0 amide bonds. The van der Waals surface area contributed by atoms with Crippen molar-refractivity contribution < 1.29 is 22.7 Å². The quantitative estimate of drug-likeness (QED) is 0.485. The zero-order valence-electron chi connectivity index (χ0n) is 7.66. The molecule has 86 valence electrons. The lowest BCUT2D eigenvalue weighted by atomic mass is 10.3. The van der Waals surface area contributed by atoms with Crippen molar-refractivity contribution in [2.24, 2.45) is 4.99 Å². The number of benzene rings is 1. The zero-order chi connectivity index (χ0) is 12.2. The van der Waals surface area contributed by atoms with Crippen molar-refractivity contribution in [1.29, 1.82) is 0 Å². The van der Waals surface area contributed by atoms with E-state index >= 15 is 0 Å². The van der Waals surface area contributed by atoms with E-state index in [9.17, 15) is 18.0 Å². The predicted octanol–water partition coefficient (Wildman–Crippen LogP) is 3.32. The maximum atomic E-state index is 12.8. The molecule has 0 spiro atoms. The van der Waals surface area contributed by atoms with Gasteiger partial charge in [-0.25, -0.2) is 9.18 Å². The Labute approximate surface area is 97.1 Å². The molecular formula is C9H5BrF3NO2. The van der Waals surface area contributed by atoms with Crippen LogP contribution in [0.3, 0.4) is 0 Å². The van der Waals surface area contributed by atoms with E-state index in [1.165, 1.54) is 18.2 Å². The van der Waals surface area contributed by atoms with E-state index in [1.807, 2.05) is 0 Å². The van der Waals surface area contributed by atoms with Crippen molar-refractivity contribution in [1.82, 2.24) is 0 Å². The van der Waals surface area contributed by atoms with Crippen LogP contribution >= 0.6 is 15.9 Å². The first-order valence-electron chi connectivity index (χ1n) is 3.98. The Balaban J connectivity index is 2.79. The van der Waals surface area contributed by atoms with Gasteiger partial charge in [0.2, 0.25) is 6.08 Å². The summed E-state index contributed by atoms with van der Waals surface area (Å²) < 4.78 is 41.9. The van der Waals surface area contributed by atoms with E-state index in [1.54, 1.807) is 0 Å². The molecule has 0 saturated heterocycles. The number of ether oxygens (including phenoxy) is 1. The Hall–Kier alpha value is -1.33. The van der Waals surface area contributed by atoms with Crippen LogP contribution in [0.25, 0.3) is 0 Å². The fourth-order valence-corrected chi connectivity index (χ4v) is 0.937. The predicted molar refractivity (Wildman–Crippen MR) is 53.6 cm³/mol. The monoisotopic (exact) mass is 295 g/mol. The van der Waals surface area contributed by atoms with E-state index in [-0.39, 0.29) is 11.4 Å². The minimum atomic E-state index is -3.96. The average Bonchev–Trinajstić information content (AvgIpc) is 2.21. The summed E-state index contributed by atoms with van der Waals surface area (Å²) in [4.78, 5) is 13.1. The Kier molecular flexibility index (Phi) is 4.09. The molecular weight excluding hydrogens is 291 g/mol.